The Morgan fingerprint density at radius 1 is 1.32 bits per heavy atom. The Labute approximate surface area is 114 Å². The molecular formula is C13H24N2O4. The highest BCUT2D eigenvalue weighted by atomic mass is 16.8. The number of hydrogen-bond donors (Lipinski definition) is 1. The van der Waals surface area contributed by atoms with Gasteiger partial charge < -0.3 is 24.8 Å². The van der Waals surface area contributed by atoms with Crippen molar-refractivity contribution in [3.05, 3.63) is 0 Å². The van der Waals surface area contributed by atoms with Crippen molar-refractivity contribution in [2.75, 3.05) is 13.1 Å². The van der Waals surface area contributed by atoms with Crippen LogP contribution in [-0.4, -0.2) is 53.7 Å². The van der Waals surface area contributed by atoms with Crippen molar-refractivity contribution in [3.8, 4) is 0 Å². The van der Waals surface area contributed by atoms with Crippen LogP contribution < -0.4 is 5.73 Å². The zero-order chi connectivity index (χ0) is 14.4. The molecule has 6 heteroatoms. The number of carbonyl (C=O) groups excluding carboxylic acids is 1. The predicted molar refractivity (Wildman–Crippen MR) is 69.6 cm³/mol. The number of likely N-dealkylation sites (tertiary alicyclic amines) is 1. The minimum Gasteiger partial charge on any atom is -0.444 e. The van der Waals surface area contributed by atoms with Crippen LogP contribution in [0.15, 0.2) is 0 Å². The van der Waals surface area contributed by atoms with E-state index in [2.05, 4.69) is 0 Å². The third kappa shape index (κ3) is 3.38. The Morgan fingerprint density at radius 2 is 1.95 bits per heavy atom. The van der Waals surface area contributed by atoms with E-state index < -0.39 is 11.4 Å². The van der Waals surface area contributed by atoms with Gasteiger partial charge in [-0.15, -0.1) is 0 Å². The standard InChI is InChI=1S/C13H24N2O4/c1-12(2,3)19-11(16)15-6-8(14)10-9(7-15)17-13(4,5)18-10/h8-10H,6-7,14H2,1-5H3/t8-,9-,10+/m0/s1. The third-order valence-corrected chi connectivity index (χ3v) is 3.13. The summed E-state index contributed by atoms with van der Waals surface area (Å²) in [6, 6.07) is -0.256. The molecule has 0 spiro atoms. The van der Waals surface area contributed by atoms with E-state index in [9.17, 15) is 4.79 Å². The summed E-state index contributed by atoms with van der Waals surface area (Å²) in [7, 11) is 0. The molecule has 2 aliphatic heterocycles. The molecule has 0 aromatic heterocycles. The van der Waals surface area contributed by atoms with E-state index in [4.69, 9.17) is 19.9 Å². The Morgan fingerprint density at radius 3 is 2.53 bits per heavy atom. The van der Waals surface area contributed by atoms with Crippen molar-refractivity contribution in [1.82, 2.24) is 4.90 Å². The maximum Gasteiger partial charge on any atom is 0.410 e. The first-order valence-corrected chi connectivity index (χ1v) is 6.66. The number of ether oxygens (including phenoxy) is 3. The number of nitrogens with two attached hydrogens (primary N) is 1. The fourth-order valence-corrected chi connectivity index (χ4v) is 2.49. The number of fused-ring (bicyclic) bond motifs is 1. The predicted octanol–water partition coefficient (Wildman–Crippen LogP) is 1.08. The molecular weight excluding hydrogens is 248 g/mol. The lowest BCUT2D eigenvalue weighted by atomic mass is 10.0. The minimum absolute atomic E-state index is 0.159. The molecule has 0 radical (unpaired) electrons. The lowest BCUT2D eigenvalue weighted by Gasteiger charge is -2.37. The van der Waals surface area contributed by atoms with Crippen molar-refractivity contribution in [3.63, 3.8) is 0 Å². The largest absolute Gasteiger partial charge is 0.444 e. The first-order valence-electron chi connectivity index (χ1n) is 6.66. The lowest BCUT2D eigenvalue weighted by Crippen LogP contribution is -2.59. The summed E-state index contributed by atoms with van der Waals surface area (Å²) in [5.74, 6) is -0.642. The number of hydrogen-bond acceptors (Lipinski definition) is 5. The molecule has 2 saturated heterocycles. The maximum absolute atomic E-state index is 12.1. The van der Waals surface area contributed by atoms with Crippen molar-refractivity contribution in [1.29, 1.82) is 0 Å². The summed E-state index contributed by atoms with van der Waals surface area (Å²) in [5, 5.41) is 0. The molecule has 0 aromatic rings. The van der Waals surface area contributed by atoms with E-state index in [1.807, 2.05) is 34.6 Å². The summed E-state index contributed by atoms with van der Waals surface area (Å²) in [6.45, 7) is 10.1. The van der Waals surface area contributed by atoms with E-state index in [0.29, 0.717) is 13.1 Å². The normalized spacial score (nSPS) is 34.0. The SMILES string of the molecule is CC(C)(C)OC(=O)N1C[C@@H]2OC(C)(C)O[C@@H]2[C@@H](N)C1. The second kappa shape index (κ2) is 4.61. The van der Waals surface area contributed by atoms with Crippen molar-refractivity contribution >= 4 is 6.09 Å². The third-order valence-electron chi connectivity index (χ3n) is 3.13. The molecule has 6 nitrogen and oxygen atoms in total. The average molecular weight is 272 g/mol. The highest BCUT2D eigenvalue weighted by Crippen LogP contribution is 2.32. The molecule has 2 rings (SSSR count). The van der Waals surface area contributed by atoms with Crippen LogP contribution in [0.2, 0.25) is 0 Å². The second-order valence-corrected chi connectivity index (χ2v) is 6.69. The smallest absolute Gasteiger partial charge is 0.410 e. The van der Waals surface area contributed by atoms with Crippen molar-refractivity contribution in [2.45, 2.75) is 64.3 Å². The highest BCUT2D eigenvalue weighted by Gasteiger charge is 2.49. The van der Waals surface area contributed by atoms with Gasteiger partial charge in [-0.1, -0.05) is 0 Å². The maximum atomic E-state index is 12.1. The van der Waals surface area contributed by atoms with Crippen molar-refractivity contribution < 1.29 is 19.0 Å². The van der Waals surface area contributed by atoms with Gasteiger partial charge in [0.2, 0.25) is 0 Å². The first kappa shape index (κ1) is 14.6. The molecule has 2 fully saturated rings. The summed E-state index contributed by atoms with van der Waals surface area (Å²) in [6.07, 6.45) is -0.699. The van der Waals surface area contributed by atoms with Crippen LogP contribution in [0.3, 0.4) is 0 Å². The average Bonchev–Trinajstić information content (AvgIpc) is 2.50. The summed E-state index contributed by atoms with van der Waals surface area (Å²) < 4.78 is 16.9. The van der Waals surface area contributed by atoms with Crippen LogP contribution in [0.1, 0.15) is 34.6 Å². The molecule has 0 saturated carbocycles. The van der Waals surface area contributed by atoms with Gasteiger partial charge in [-0.25, -0.2) is 4.79 Å². The van der Waals surface area contributed by atoms with E-state index >= 15 is 0 Å². The molecule has 2 aliphatic rings. The number of carbonyl (C=O) groups is 1. The van der Waals surface area contributed by atoms with Gasteiger partial charge in [0, 0.05) is 6.54 Å². The van der Waals surface area contributed by atoms with Crippen LogP contribution in [0.5, 0.6) is 0 Å². The topological polar surface area (TPSA) is 74.0 Å². The van der Waals surface area contributed by atoms with Crippen molar-refractivity contribution in [2.24, 2.45) is 5.73 Å². The number of nitrogens with zero attached hydrogens (tertiary/aromatic N) is 1. The number of piperidine rings is 1. The number of amides is 1. The van der Waals surface area contributed by atoms with E-state index in [1.165, 1.54) is 0 Å². The molecule has 1 amide bonds. The summed E-state index contributed by atoms with van der Waals surface area (Å²) >= 11 is 0. The Bertz CT molecular complexity index is 364. The van der Waals surface area contributed by atoms with Gasteiger partial charge in [-0.05, 0) is 34.6 Å². The first-order chi connectivity index (χ1) is 8.57. The quantitative estimate of drug-likeness (QED) is 0.714. The minimum atomic E-state index is -0.642. The molecule has 0 aliphatic carbocycles. The van der Waals surface area contributed by atoms with Gasteiger partial charge in [0.15, 0.2) is 5.79 Å². The second-order valence-electron chi connectivity index (χ2n) is 6.69. The Balaban J connectivity index is 2.02. The zero-order valence-corrected chi connectivity index (χ0v) is 12.3. The van der Waals surface area contributed by atoms with Crippen LogP contribution in [0.25, 0.3) is 0 Å². The van der Waals surface area contributed by atoms with E-state index in [-0.39, 0.29) is 24.3 Å². The van der Waals surface area contributed by atoms with Gasteiger partial charge in [0.1, 0.15) is 17.8 Å². The molecule has 0 aromatic carbocycles. The molecule has 0 unspecified atom stereocenters. The fourth-order valence-electron chi connectivity index (χ4n) is 2.49. The Hall–Kier alpha value is -0.850. The summed E-state index contributed by atoms with van der Waals surface area (Å²) in [4.78, 5) is 13.7. The van der Waals surface area contributed by atoms with E-state index in [1.54, 1.807) is 4.90 Å². The van der Waals surface area contributed by atoms with Gasteiger partial charge in [0.25, 0.3) is 0 Å². The fraction of sp³-hybridized carbons (Fsp3) is 0.923. The molecule has 19 heavy (non-hydrogen) atoms. The number of rotatable bonds is 0. The molecule has 110 valence electrons. The van der Waals surface area contributed by atoms with Gasteiger partial charge in [0.05, 0.1) is 12.6 Å². The monoisotopic (exact) mass is 272 g/mol. The van der Waals surface area contributed by atoms with E-state index in [0.717, 1.165) is 0 Å². The molecule has 0 bridgehead atoms. The van der Waals surface area contributed by atoms with Gasteiger partial charge in [-0.2, -0.15) is 0 Å². The molecule has 3 atom stereocenters. The van der Waals surface area contributed by atoms with Gasteiger partial charge in [-0.3, -0.25) is 0 Å². The molecule has 2 heterocycles. The van der Waals surface area contributed by atoms with Crippen LogP contribution in [0.4, 0.5) is 4.79 Å². The summed E-state index contributed by atoms with van der Waals surface area (Å²) in [5.41, 5.74) is 5.57. The lowest BCUT2D eigenvalue weighted by molar-refractivity contribution is -0.146. The van der Waals surface area contributed by atoms with Crippen LogP contribution in [0, 0.1) is 0 Å². The Kier molecular flexibility index (Phi) is 3.53. The van der Waals surface area contributed by atoms with Gasteiger partial charge >= 0.3 is 6.09 Å². The molecule has 2 N–H and O–H groups in total. The van der Waals surface area contributed by atoms with Crippen LogP contribution >= 0.6 is 0 Å². The highest BCUT2D eigenvalue weighted by molar-refractivity contribution is 5.68. The zero-order valence-electron chi connectivity index (χ0n) is 12.3. The van der Waals surface area contributed by atoms with Crippen LogP contribution in [-0.2, 0) is 14.2 Å².